The van der Waals surface area contributed by atoms with E-state index >= 15 is 0 Å². The Morgan fingerprint density at radius 2 is 1.96 bits per heavy atom. The third-order valence-corrected chi connectivity index (χ3v) is 3.98. The van der Waals surface area contributed by atoms with E-state index in [0.717, 1.165) is 11.1 Å². The van der Waals surface area contributed by atoms with Crippen molar-refractivity contribution < 1.29 is 24.5 Å². The van der Waals surface area contributed by atoms with E-state index in [1.165, 1.54) is 14.0 Å². The molecule has 0 saturated heterocycles. The number of nitrogens with zero attached hydrogens (tertiary/aromatic N) is 2. The Labute approximate surface area is 156 Å². The number of carbonyl (C=O) groups is 2. The lowest BCUT2D eigenvalue weighted by Gasteiger charge is -2.19. The van der Waals surface area contributed by atoms with Gasteiger partial charge in [-0.15, -0.1) is 0 Å². The number of rotatable bonds is 8. The van der Waals surface area contributed by atoms with Crippen LogP contribution in [0.2, 0.25) is 0 Å². The maximum Gasteiger partial charge on any atom is 0.269 e. The molecule has 0 bridgehead atoms. The van der Waals surface area contributed by atoms with Gasteiger partial charge in [0.15, 0.2) is 0 Å². The fourth-order valence-electron chi connectivity index (χ4n) is 2.55. The van der Waals surface area contributed by atoms with Crippen LogP contribution < -0.4 is 15.8 Å². The Bertz CT molecular complexity index is 844. The number of para-hydroxylation sites is 1. The quantitative estimate of drug-likeness (QED) is 0.509. The van der Waals surface area contributed by atoms with E-state index in [2.05, 4.69) is 10.4 Å². The second kappa shape index (κ2) is 8.19. The summed E-state index contributed by atoms with van der Waals surface area (Å²) in [5, 5.41) is 26.9. The summed E-state index contributed by atoms with van der Waals surface area (Å²) in [6.45, 7) is 3.90. The van der Waals surface area contributed by atoms with Gasteiger partial charge in [0.1, 0.15) is 22.8 Å². The second-order valence-electron chi connectivity index (χ2n) is 6.03. The van der Waals surface area contributed by atoms with Gasteiger partial charge in [-0.05, 0) is 18.6 Å². The van der Waals surface area contributed by atoms with E-state index in [0.29, 0.717) is 12.4 Å². The first kappa shape index (κ1) is 20.4. The van der Waals surface area contributed by atoms with Crippen molar-refractivity contribution in [2.24, 2.45) is 12.8 Å². The van der Waals surface area contributed by atoms with Gasteiger partial charge in [0.25, 0.3) is 11.8 Å². The second-order valence-corrected chi connectivity index (χ2v) is 6.03. The van der Waals surface area contributed by atoms with Gasteiger partial charge in [0.05, 0.1) is 12.2 Å². The number of primary amides is 1. The number of hydrogen-bond donors (Lipinski definition) is 4. The minimum atomic E-state index is -2.34. The van der Waals surface area contributed by atoms with Crippen molar-refractivity contribution in [3.05, 3.63) is 41.2 Å². The first-order valence-electron chi connectivity index (χ1n) is 8.58. The number of nitrogens with two attached hydrogens (primary N) is 1. The van der Waals surface area contributed by atoms with Gasteiger partial charge in [-0.3, -0.25) is 14.3 Å². The van der Waals surface area contributed by atoms with Crippen LogP contribution in [0.25, 0.3) is 0 Å². The third kappa shape index (κ3) is 4.26. The van der Waals surface area contributed by atoms with Crippen LogP contribution in [-0.2, 0) is 12.8 Å². The third-order valence-electron chi connectivity index (χ3n) is 3.98. The predicted molar refractivity (Wildman–Crippen MR) is 98.3 cm³/mol. The number of ether oxygens (including phenoxy) is 1. The molecule has 27 heavy (non-hydrogen) atoms. The lowest BCUT2D eigenvalue weighted by atomic mass is 10.1. The van der Waals surface area contributed by atoms with Gasteiger partial charge in [-0.25, -0.2) is 0 Å². The largest absolute Gasteiger partial charge is 0.493 e. The molecule has 2 rings (SSSR count). The summed E-state index contributed by atoms with van der Waals surface area (Å²) in [4.78, 5) is 24.6. The van der Waals surface area contributed by atoms with Crippen LogP contribution in [0.5, 0.6) is 5.75 Å². The molecule has 1 aromatic heterocycles. The van der Waals surface area contributed by atoms with Crippen LogP contribution >= 0.6 is 0 Å². The number of benzene rings is 1. The van der Waals surface area contributed by atoms with Crippen LogP contribution in [0.1, 0.15) is 53.2 Å². The van der Waals surface area contributed by atoms with E-state index in [1.807, 2.05) is 6.92 Å². The highest BCUT2D eigenvalue weighted by Gasteiger charge is 2.35. The molecule has 0 aliphatic carbocycles. The van der Waals surface area contributed by atoms with E-state index in [9.17, 15) is 19.8 Å². The van der Waals surface area contributed by atoms with E-state index < -0.39 is 17.6 Å². The predicted octanol–water partition coefficient (Wildman–Crippen LogP) is 1.11. The Balaban J connectivity index is 2.48. The van der Waals surface area contributed by atoms with Crippen LogP contribution in [0.15, 0.2) is 24.3 Å². The number of aromatic nitrogens is 2. The summed E-state index contributed by atoms with van der Waals surface area (Å²) in [7, 11) is 1.42. The minimum Gasteiger partial charge on any atom is -0.493 e. The summed E-state index contributed by atoms with van der Waals surface area (Å²) < 4.78 is 6.68. The Morgan fingerprint density at radius 3 is 2.56 bits per heavy atom. The van der Waals surface area contributed by atoms with Crippen molar-refractivity contribution in [1.29, 1.82) is 0 Å². The van der Waals surface area contributed by atoms with Crippen molar-refractivity contribution in [3.8, 4) is 5.75 Å². The molecule has 146 valence electrons. The van der Waals surface area contributed by atoms with Crippen molar-refractivity contribution in [1.82, 2.24) is 9.78 Å². The number of amides is 2. The topological polar surface area (TPSA) is 140 Å². The fourth-order valence-corrected chi connectivity index (χ4v) is 2.55. The van der Waals surface area contributed by atoms with Crippen molar-refractivity contribution in [2.45, 2.75) is 32.5 Å². The highest BCUT2D eigenvalue weighted by atomic mass is 16.5. The standard InChI is InChI=1S/C18H24N4O5/c1-4-10-27-12-9-7-6-8-11(12)17(24)20-13-14(16(19)23)22(3)21-15(13)18(25,26)5-2/h6-9,25-26H,4-5,10H2,1-3H3,(H2,19,23)(H,20,24). The molecule has 2 aromatic rings. The molecule has 9 heteroatoms. The first-order valence-corrected chi connectivity index (χ1v) is 8.58. The van der Waals surface area contributed by atoms with E-state index in [-0.39, 0.29) is 29.1 Å². The average Bonchev–Trinajstić information content (AvgIpc) is 2.97. The molecule has 1 aromatic carbocycles. The summed E-state index contributed by atoms with van der Waals surface area (Å²) in [5.74, 6) is -3.43. The Morgan fingerprint density at radius 1 is 1.30 bits per heavy atom. The molecule has 0 saturated carbocycles. The van der Waals surface area contributed by atoms with Gasteiger partial charge in [-0.1, -0.05) is 26.0 Å². The van der Waals surface area contributed by atoms with Crippen LogP contribution in [-0.4, -0.2) is 38.4 Å². The SMILES string of the molecule is CCCOc1ccccc1C(=O)Nc1c(C(O)(O)CC)nn(C)c1C(N)=O. The molecule has 9 nitrogen and oxygen atoms in total. The number of aliphatic hydroxyl groups is 2. The number of anilines is 1. The van der Waals surface area contributed by atoms with Gasteiger partial charge >= 0.3 is 0 Å². The van der Waals surface area contributed by atoms with Crippen molar-refractivity contribution >= 4 is 17.5 Å². The van der Waals surface area contributed by atoms with Crippen molar-refractivity contribution in [2.75, 3.05) is 11.9 Å². The van der Waals surface area contributed by atoms with Gasteiger partial charge < -0.3 is 26.0 Å². The highest BCUT2D eigenvalue weighted by Crippen LogP contribution is 2.31. The molecule has 0 atom stereocenters. The average molecular weight is 376 g/mol. The summed E-state index contributed by atoms with van der Waals surface area (Å²) >= 11 is 0. The molecular weight excluding hydrogens is 352 g/mol. The van der Waals surface area contributed by atoms with Crippen LogP contribution in [0, 0.1) is 0 Å². The number of hydrogen-bond acceptors (Lipinski definition) is 6. The smallest absolute Gasteiger partial charge is 0.269 e. The molecule has 2 amide bonds. The monoisotopic (exact) mass is 376 g/mol. The summed E-state index contributed by atoms with van der Waals surface area (Å²) in [5.41, 5.74) is 5.06. The molecule has 0 fully saturated rings. The number of nitrogens with one attached hydrogen (secondary N) is 1. The maximum atomic E-state index is 12.8. The normalized spacial score (nSPS) is 11.3. The molecule has 0 radical (unpaired) electrons. The minimum absolute atomic E-state index is 0.110. The molecular formula is C18H24N4O5. The number of aryl methyl sites for hydroxylation is 1. The highest BCUT2D eigenvalue weighted by molar-refractivity contribution is 6.10. The molecule has 0 aliphatic rings. The molecule has 0 aliphatic heterocycles. The number of carbonyl (C=O) groups excluding carboxylic acids is 2. The van der Waals surface area contributed by atoms with Gasteiger partial charge in [-0.2, -0.15) is 5.10 Å². The van der Waals surface area contributed by atoms with E-state index in [1.54, 1.807) is 24.3 Å². The molecule has 0 spiro atoms. The maximum absolute atomic E-state index is 12.8. The summed E-state index contributed by atoms with van der Waals surface area (Å²) in [6, 6.07) is 6.61. The molecule has 5 N–H and O–H groups in total. The zero-order chi connectivity index (χ0) is 20.2. The molecule has 1 heterocycles. The van der Waals surface area contributed by atoms with E-state index in [4.69, 9.17) is 10.5 Å². The zero-order valence-corrected chi connectivity index (χ0v) is 15.5. The van der Waals surface area contributed by atoms with Crippen LogP contribution in [0.3, 0.4) is 0 Å². The first-order chi connectivity index (χ1) is 12.7. The lowest BCUT2D eigenvalue weighted by molar-refractivity contribution is -0.173. The van der Waals surface area contributed by atoms with Gasteiger partial charge in [0, 0.05) is 13.5 Å². The lowest BCUT2D eigenvalue weighted by Crippen LogP contribution is -2.27. The van der Waals surface area contributed by atoms with Crippen LogP contribution in [0.4, 0.5) is 5.69 Å². The van der Waals surface area contributed by atoms with Crippen molar-refractivity contribution in [3.63, 3.8) is 0 Å². The fraction of sp³-hybridized carbons (Fsp3) is 0.389. The molecule has 0 unspecified atom stereocenters. The Hall–Kier alpha value is -2.91. The Kier molecular flexibility index (Phi) is 6.19. The summed E-state index contributed by atoms with van der Waals surface area (Å²) in [6.07, 6.45) is 0.657. The van der Waals surface area contributed by atoms with Gasteiger partial charge in [0.2, 0.25) is 5.79 Å². The zero-order valence-electron chi connectivity index (χ0n) is 15.5.